The molecule has 88 valence electrons. The van der Waals surface area contributed by atoms with Crippen molar-refractivity contribution >= 4 is 0 Å². The zero-order valence-corrected chi connectivity index (χ0v) is 9.81. The maximum atomic E-state index is 5.46. The van der Waals surface area contributed by atoms with Gasteiger partial charge in [0.15, 0.2) is 5.76 Å². The molecule has 1 aromatic carbocycles. The first-order valence-corrected chi connectivity index (χ1v) is 6.13. The van der Waals surface area contributed by atoms with Crippen LogP contribution in [0.25, 0.3) is 22.7 Å². The number of H-pyrrole nitrogens is 1. The number of nitrogens with zero attached hydrogens (tertiary/aromatic N) is 1. The van der Waals surface area contributed by atoms with Crippen molar-refractivity contribution in [1.29, 1.82) is 0 Å². The Labute approximate surface area is 104 Å². The summed E-state index contributed by atoms with van der Waals surface area (Å²) in [5.41, 5.74) is 5.98. The molecule has 2 aromatic heterocycles. The first kappa shape index (κ1) is 9.71. The van der Waals surface area contributed by atoms with Crippen LogP contribution in [0.15, 0.2) is 47.1 Å². The van der Waals surface area contributed by atoms with E-state index in [0.717, 1.165) is 30.0 Å². The Kier molecular flexibility index (Phi) is 1.94. The van der Waals surface area contributed by atoms with Crippen molar-refractivity contribution in [2.75, 3.05) is 0 Å². The molecule has 4 rings (SSSR count). The fourth-order valence-corrected chi connectivity index (χ4v) is 2.68. The number of rotatable bonds is 1. The van der Waals surface area contributed by atoms with E-state index in [-0.39, 0.29) is 0 Å². The summed E-state index contributed by atoms with van der Waals surface area (Å²) in [7, 11) is 0. The van der Waals surface area contributed by atoms with Crippen LogP contribution in [0.1, 0.15) is 11.1 Å². The van der Waals surface area contributed by atoms with Crippen LogP contribution < -0.4 is 0 Å². The summed E-state index contributed by atoms with van der Waals surface area (Å²) in [4.78, 5) is 0. The Morgan fingerprint density at radius 1 is 1.06 bits per heavy atom. The van der Waals surface area contributed by atoms with E-state index in [0.29, 0.717) is 0 Å². The third kappa shape index (κ3) is 1.27. The predicted molar refractivity (Wildman–Crippen MR) is 69.1 cm³/mol. The van der Waals surface area contributed by atoms with Crippen LogP contribution in [0.5, 0.6) is 0 Å². The topological polar surface area (TPSA) is 41.8 Å². The Morgan fingerprint density at radius 3 is 2.89 bits per heavy atom. The third-order valence-corrected chi connectivity index (χ3v) is 3.55. The van der Waals surface area contributed by atoms with Crippen LogP contribution in [-0.4, -0.2) is 10.2 Å². The highest BCUT2D eigenvalue weighted by Crippen LogP contribution is 2.36. The molecule has 2 heterocycles. The van der Waals surface area contributed by atoms with Gasteiger partial charge in [-0.2, -0.15) is 5.10 Å². The smallest absolute Gasteiger partial charge is 0.151 e. The molecule has 3 nitrogen and oxygen atoms in total. The van der Waals surface area contributed by atoms with Gasteiger partial charge in [-0.05, 0) is 30.5 Å². The molecule has 0 saturated heterocycles. The van der Waals surface area contributed by atoms with E-state index < -0.39 is 0 Å². The normalized spacial score (nSPS) is 13.1. The van der Waals surface area contributed by atoms with E-state index in [1.54, 1.807) is 6.26 Å². The molecule has 0 aliphatic heterocycles. The quantitative estimate of drug-likeness (QED) is 0.703. The minimum absolute atomic E-state index is 0.864. The van der Waals surface area contributed by atoms with Crippen molar-refractivity contribution in [2.45, 2.75) is 12.8 Å². The molecule has 1 N–H and O–H groups in total. The number of benzene rings is 1. The van der Waals surface area contributed by atoms with Crippen molar-refractivity contribution in [1.82, 2.24) is 10.2 Å². The van der Waals surface area contributed by atoms with Gasteiger partial charge in [-0.25, -0.2) is 0 Å². The molecule has 0 amide bonds. The summed E-state index contributed by atoms with van der Waals surface area (Å²) in [5, 5.41) is 7.58. The summed E-state index contributed by atoms with van der Waals surface area (Å²) in [6.07, 6.45) is 3.77. The van der Waals surface area contributed by atoms with Crippen LogP contribution in [-0.2, 0) is 12.8 Å². The molecule has 0 saturated carbocycles. The van der Waals surface area contributed by atoms with Gasteiger partial charge < -0.3 is 4.42 Å². The Morgan fingerprint density at radius 2 is 2.00 bits per heavy atom. The molecular weight excluding hydrogens is 224 g/mol. The van der Waals surface area contributed by atoms with Crippen LogP contribution in [0.3, 0.4) is 0 Å². The summed E-state index contributed by atoms with van der Waals surface area (Å²) >= 11 is 0. The maximum Gasteiger partial charge on any atom is 0.151 e. The summed E-state index contributed by atoms with van der Waals surface area (Å²) in [5.74, 6) is 0.864. The first-order valence-electron chi connectivity index (χ1n) is 6.13. The molecule has 3 aromatic rings. The second-order valence-corrected chi connectivity index (χ2v) is 4.56. The lowest BCUT2D eigenvalue weighted by atomic mass is 9.89. The molecule has 0 atom stereocenters. The lowest BCUT2D eigenvalue weighted by Crippen LogP contribution is -2.02. The number of aromatic nitrogens is 2. The fraction of sp³-hybridized carbons (Fsp3) is 0.133. The number of hydrogen-bond donors (Lipinski definition) is 1. The molecule has 0 unspecified atom stereocenters. The van der Waals surface area contributed by atoms with Gasteiger partial charge in [-0.1, -0.05) is 24.3 Å². The number of aryl methyl sites for hydroxylation is 1. The summed E-state index contributed by atoms with van der Waals surface area (Å²) < 4.78 is 5.46. The van der Waals surface area contributed by atoms with Gasteiger partial charge in [0.1, 0.15) is 5.69 Å². The highest BCUT2D eigenvalue weighted by Gasteiger charge is 2.23. The zero-order valence-electron chi connectivity index (χ0n) is 9.81. The number of hydrogen-bond acceptors (Lipinski definition) is 2. The van der Waals surface area contributed by atoms with Crippen molar-refractivity contribution in [3.05, 3.63) is 53.8 Å². The van der Waals surface area contributed by atoms with Gasteiger partial charge in [-0.3, -0.25) is 5.10 Å². The molecule has 0 fully saturated rings. The van der Waals surface area contributed by atoms with Crippen LogP contribution in [0.4, 0.5) is 0 Å². The Balaban J connectivity index is 1.93. The van der Waals surface area contributed by atoms with E-state index >= 15 is 0 Å². The van der Waals surface area contributed by atoms with Crippen LogP contribution in [0.2, 0.25) is 0 Å². The van der Waals surface area contributed by atoms with Crippen LogP contribution in [0, 0.1) is 0 Å². The molecule has 1 aliphatic carbocycles. The fourth-order valence-electron chi connectivity index (χ4n) is 2.68. The number of nitrogens with one attached hydrogen (secondary N) is 1. The second-order valence-electron chi connectivity index (χ2n) is 4.56. The maximum absolute atomic E-state index is 5.46. The van der Waals surface area contributed by atoms with Crippen molar-refractivity contribution in [2.24, 2.45) is 0 Å². The average molecular weight is 236 g/mol. The molecule has 3 heteroatoms. The molecule has 0 radical (unpaired) electrons. The van der Waals surface area contributed by atoms with Crippen molar-refractivity contribution < 1.29 is 4.42 Å². The van der Waals surface area contributed by atoms with E-state index in [2.05, 4.69) is 34.5 Å². The third-order valence-electron chi connectivity index (χ3n) is 3.55. The summed E-state index contributed by atoms with van der Waals surface area (Å²) in [6.45, 7) is 0. The molecule has 1 aliphatic rings. The van der Waals surface area contributed by atoms with Crippen molar-refractivity contribution in [3.8, 4) is 22.7 Å². The number of furan rings is 1. The van der Waals surface area contributed by atoms with Gasteiger partial charge in [0.05, 0.1) is 12.0 Å². The van der Waals surface area contributed by atoms with E-state index in [9.17, 15) is 0 Å². The lowest BCUT2D eigenvalue weighted by Gasteiger charge is -2.15. The summed E-state index contributed by atoms with van der Waals surface area (Å²) in [6, 6.07) is 12.3. The molecular formula is C15H12N2O. The van der Waals surface area contributed by atoms with E-state index in [1.807, 2.05) is 12.1 Å². The monoisotopic (exact) mass is 236 g/mol. The SMILES string of the molecule is c1coc(-c2[nH]nc3c2CCc2ccccc2-3)c1. The minimum atomic E-state index is 0.864. The Bertz CT molecular complexity index is 695. The predicted octanol–water partition coefficient (Wildman–Crippen LogP) is 3.44. The van der Waals surface area contributed by atoms with Crippen LogP contribution >= 0.6 is 0 Å². The standard InChI is InChI=1S/C15H12N2O/c1-2-5-11-10(4-1)7-8-12-14(11)16-17-15(12)13-6-3-9-18-13/h1-6,9H,7-8H2,(H,16,17). The first-order chi connectivity index (χ1) is 8.93. The van der Waals surface area contributed by atoms with Gasteiger partial charge in [0, 0.05) is 11.1 Å². The average Bonchev–Trinajstić information content (AvgIpc) is 3.07. The minimum Gasteiger partial charge on any atom is -0.463 e. The highest BCUT2D eigenvalue weighted by atomic mass is 16.3. The van der Waals surface area contributed by atoms with E-state index in [4.69, 9.17) is 4.42 Å². The van der Waals surface area contributed by atoms with Gasteiger partial charge in [0.25, 0.3) is 0 Å². The highest BCUT2D eigenvalue weighted by molar-refractivity contribution is 5.75. The number of fused-ring (bicyclic) bond motifs is 3. The molecule has 18 heavy (non-hydrogen) atoms. The second kappa shape index (κ2) is 3.60. The van der Waals surface area contributed by atoms with E-state index in [1.165, 1.54) is 16.7 Å². The van der Waals surface area contributed by atoms with Crippen molar-refractivity contribution in [3.63, 3.8) is 0 Å². The van der Waals surface area contributed by atoms with Gasteiger partial charge >= 0.3 is 0 Å². The Hall–Kier alpha value is -2.29. The lowest BCUT2D eigenvalue weighted by molar-refractivity contribution is 0.579. The number of aromatic amines is 1. The van der Waals surface area contributed by atoms with Gasteiger partial charge in [0.2, 0.25) is 0 Å². The molecule has 0 spiro atoms. The zero-order chi connectivity index (χ0) is 11.9. The largest absolute Gasteiger partial charge is 0.463 e. The molecule has 0 bridgehead atoms. The van der Waals surface area contributed by atoms with Gasteiger partial charge in [-0.15, -0.1) is 0 Å².